The number of aliphatic imine (C=N–C) groups is 1. The van der Waals surface area contributed by atoms with Gasteiger partial charge in [0, 0.05) is 11.6 Å². The van der Waals surface area contributed by atoms with Gasteiger partial charge in [0.05, 0.1) is 30.2 Å². The molecule has 36 heavy (non-hydrogen) atoms. The Morgan fingerprint density at radius 1 is 1.00 bits per heavy atom. The van der Waals surface area contributed by atoms with E-state index in [0.717, 1.165) is 22.5 Å². The Kier molecular flexibility index (Phi) is 7.83. The number of benzene rings is 3. The van der Waals surface area contributed by atoms with Crippen LogP contribution in [0.4, 0.5) is 17.1 Å². The number of hydrogen-bond acceptors (Lipinski definition) is 7. The molecule has 0 spiro atoms. The number of fused-ring (bicyclic) bond motifs is 1. The molecular formula is C29H27N5O2. The summed E-state index contributed by atoms with van der Waals surface area (Å²) in [5, 5.41) is 30.8. The van der Waals surface area contributed by atoms with Crippen LogP contribution in [0.3, 0.4) is 0 Å². The number of anilines is 1. The molecular weight excluding hydrogens is 450 g/mol. The fraction of sp³-hybridized carbons (Fsp3) is 0.103. The van der Waals surface area contributed by atoms with Gasteiger partial charge in [-0.3, -0.25) is 9.98 Å². The highest BCUT2D eigenvalue weighted by Gasteiger charge is 2.15. The zero-order valence-electron chi connectivity index (χ0n) is 20.0. The van der Waals surface area contributed by atoms with E-state index < -0.39 is 0 Å². The number of pyridine rings is 1. The monoisotopic (exact) mass is 477 g/mol. The average Bonchev–Trinajstić information content (AvgIpc) is 2.90. The van der Waals surface area contributed by atoms with E-state index in [0.29, 0.717) is 24.2 Å². The Balaban J connectivity index is 1.76. The minimum atomic E-state index is -0.0212. The molecule has 0 radical (unpaired) electrons. The molecule has 0 atom stereocenters. The SMILES string of the molecule is C=N/C(=C\C=C/C)CN(Cc1ccccn1)c1ccccc1/N=N/c1c(O)ccc2ccc(O)cc12. The predicted octanol–water partition coefficient (Wildman–Crippen LogP) is 7.23. The van der Waals surface area contributed by atoms with E-state index in [4.69, 9.17) is 0 Å². The van der Waals surface area contributed by atoms with Crippen molar-refractivity contribution in [2.24, 2.45) is 15.2 Å². The maximum absolute atomic E-state index is 10.5. The van der Waals surface area contributed by atoms with Gasteiger partial charge in [0.25, 0.3) is 0 Å². The van der Waals surface area contributed by atoms with Crippen LogP contribution in [-0.4, -0.2) is 28.5 Å². The van der Waals surface area contributed by atoms with Crippen LogP contribution in [0.2, 0.25) is 0 Å². The number of aromatic nitrogens is 1. The summed E-state index contributed by atoms with van der Waals surface area (Å²) in [6, 6.07) is 21.7. The molecule has 4 rings (SSSR count). The van der Waals surface area contributed by atoms with Crippen molar-refractivity contribution in [2.45, 2.75) is 13.5 Å². The van der Waals surface area contributed by atoms with Gasteiger partial charge < -0.3 is 15.1 Å². The van der Waals surface area contributed by atoms with Crippen molar-refractivity contribution in [3.8, 4) is 11.5 Å². The highest BCUT2D eigenvalue weighted by atomic mass is 16.3. The van der Waals surface area contributed by atoms with Crippen LogP contribution in [0.1, 0.15) is 12.6 Å². The largest absolute Gasteiger partial charge is 0.508 e. The lowest BCUT2D eigenvalue weighted by Crippen LogP contribution is -2.25. The lowest BCUT2D eigenvalue weighted by atomic mass is 10.1. The van der Waals surface area contributed by atoms with Crippen molar-refractivity contribution in [3.05, 3.63) is 109 Å². The second-order valence-corrected chi connectivity index (χ2v) is 8.05. The highest BCUT2D eigenvalue weighted by molar-refractivity contribution is 5.96. The third-order valence-electron chi connectivity index (χ3n) is 5.55. The molecule has 0 unspecified atom stereocenters. The van der Waals surface area contributed by atoms with Crippen molar-refractivity contribution in [1.29, 1.82) is 0 Å². The van der Waals surface area contributed by atoms with Gasteiger partial charge in [0.2, 0.25) is 0 Å². The maximum atomic E-state index is 10.5. The number of rotatable bonds is 9. The number of hydrogen-bond donors (Lipinski definition) is 2. The normalized spacial score (nSPS) is 12.0. The minimum Gasteiger partial charge on any atom is -0.508 e. The van der Waals surface area contributed by atoms with Crippen LogP contribution >= 0.6 is 0 Å². The van der Waals surface area contributed by atoms with E-state index in [1.54, 1.807) is 36.5 Å². The molecule has 0 aliphatic carbocycles. The number of allylic oxidation sites excluding steroid dienone is 3. The zero-order chi connectivity index (χ0) is 25.3. The van der Waals surface area contributed by atoms with Gasteiger partial charge in [-0.1, -0.05) is 42.5 Å². The maximum Gasteiger partial charge on any atom is 0.143 e. The Bertz CT molecular complexity index is 1440. The van der Waals surface area contributed by atoms with Crippen LogP contribution < -0.4 is 4.90 Å². The van der Waals surface area contributed by atoms with Gasteiger partial charge in [-0.15, -0.1) is 10.2 Å². The third kappa shape index (κ3) is 5.82. The average molecular weight is 478 g/mol. The summed E-state index contributed by atoms with van der Waals surface area (Å²) in [5.74, 6) is 0.0657. The molecule has 3 aromatic carbocycles. The summed E-state index contributed by atoms with van der Waals surface area (Å²) in [6.07, 6.45) is 7.54. The molecule has 0 saturated heterocycles. The number of phenols is 2. The molecule has 2 N–H and O–H groups in total. The number of para-hydroxylation sites is 1. The van der Waals surface area contributed by atoms with Crippen LogP contribution in [0.15, 0.2) is 118 Å². The smallest absolute Gasteiger partial charge is 0.143 e. The summed E-state index contributed by atoms with van der Waals surface area (Å²) in [6.45, 7) is 6.67. The van der Waals surface area contributed by atoms with Crippen molar-refractivity contribution in [2.75, 3.05) is 11.4 Å². The van der Waals surface area contributed by atoms with E-state index in [9.17, 15) is 10.2 Å². The molecule has 0 aliphatic heterocycles. The Hall–Kier alpha value is -4.78. The summed E-state index contributed by atoms with van der Waals surface area (Å²) in [4.78, 5) is 10.8. The molecule has 0 fully saturated rings. The molecule has 1 aromatic heterocycles. The molecule has 4 aromatic rings. The summed E-state index contributed by atoms with van der Waals surface area (Å²) >= 11 is 0. The third-order valence-corrected chi connectivity index (χ3v) is 5.55. The highest BCUT2D eigenvalue weighted by Crippen LogP contribution is 2.39. The van der Waals surface area contributed by atoms with Gasteiger partial charge in [-0.2, -0.15) is 0 Å². The second-order valence-electron chi connectivity index (χ2n) is 8.05. The Labute approximate surface area is 210 Å². The van der Waals surface area contributed by atoms with Crippen LogP contribution in [0.25, 0.3) is 10.8 Å². The number of phenolic OH excluding ortho intramolecular Hbond substituents is 2. The Morgan fingerprint density at radius 3 is 2.58 bits per heavy atom. The van der Waals surface area contributed by atoms with E-state index in [-0.39, 0.29) is 17.2 Å². The number of nitrogens with zero attached hydrogens (tertiary/aromatic N) is 5. The molecule has 7 nitrogen and oxygen atoms in total. The zero-order valence-corrected chi connectivity index (χ0v) is 20.0. The Morgan fingerprint density at radius 2 is 1.81 bits per heavy atom. The van der Waals surface area contributed by atoms with Crippen molar-refractivity contribution in [1.82, 2.24) is 4.98 Å². The van der Waals surface area contributed by atoms with Crippen molar-refractivity contribution in [3.63, 3.8) is 0 Å². The van der Waals surface area contributed by atoms with Gasteiger partial charge >= 0.3 is 0 Å². The van der Waals surface area contributed by atoms with Gasteiger partial charge in [0.1, 0.15) is 22.9 Å². The summed E-state index contributed by atoms with van der Waals surface area (Å²) in [7, 11) is 0. The fourth-order valence-corrected chi connectivity index (χ4v) is 3.78. The molecule has 0 bridgehead atoms. The van der Waals surface area contributed by atoms with Crippen LogP contribution in [0, 0.1) is 0 Å². The number of aromatic hydroxyl groups is 2. The van der Waals surface area contributed by atoms with E-state index in [1.807, 2.05) is 67.6 Å². The second kappa shape index (κ2) is 11.6. The van der Waals surface area contributed by atoms with Gasteiger partial charge in [-0.05, 0) is 67.6 Å². The molecule has 0 saturated carbocycles. The first-order chi connectivity index (χ1) is 17.6. The topological polar surface area (TPSA) is 93.7 Å². The van der Waals surface area contributed by atoms with Crippen molar-refractivity contribution < 1.29 is 10.2 Å². The lowest BCUT2D eigenvalue weighted by molar-refractivity contribution is 0.475. The van der Waals surface area contributed by atoms with E-state index >= 15 is 0 Å². The fourth-order valence-electron chi connectivity index (χ4n) is 3.78. The first-order valence-corrected chi connectivity index (χ1v) is 11.5. The minimum absolute atomic E-state index is 0.0212. The summed E-state index contributed by atoms with van der Waals surface area (Å²) in [5.41, 5.74) is 3.40. The molecule has 0 amide bonds. The van der Waals surface area contributed by atoms with Gasteiger partial charge in [-0.25, -0.2) is 0 Å². The van der Waals surface area contributed by atoms with Crippen LogP contribution in [0.5, 0.6) is 11.5 Å². The molecule has 0 aliphatic rings. The summed E-state index contributed by atoms with van der Waals surface area (Å²) < 4.78 is 0. The van der Waals surface area contributed by atoms with Crippen LogP contribution in [-0.2, 0) is 6.54 Å². The van der Waals surface area contributed by atoms with E-state index in [1.165, 1.54) is 0 Å². The predicted molar refractivity (Wildman–Crippen MR) is 146 cm³/mol. The first kappa shape index (κ1) is 24.3. The quantitative estimate of drug-likeness (QED) is 0.151. The standard InChI is InChI=1S/C29H27N5O2/c1-3-4-9-22(30-2)19-34(20-23-10-7-8-17-31-23)27-12-6-5-11-26(27)32-33-29-25-18-24(35)15-13-21(25)14-16-28(29)36/h3-18,35-36H,2,19-20H2,1H3/b4-3-,22-9-,33-32+. The van der Waals surface area contributed by atoms with E-state index in [2.05, 4.69) is 31.8 Å². The molecule has 1 heterocycles. The number of azo groups is 1. The first-order valence-electron chi connectivity index (χ1n) is 11.5. The molecule has 180 valence electrons. The lowest BCUT2D eigenvalue weighted by Gasteiger charge is -2.25. The van der Waals surface area contributed by atoms with Gasteiger partial charge in [0.15, 0.2) is 0 Å². The van der Waals surface area contributed by atoms with Crippen molar-refractivity contribution >= 4 is 34.6 Å². The molecule has 7 heteroatoms.